The van der Waals surface area contributed by atoms with Gasteiger partial charge in [0.1, 0.15) is 0 Å². The van der Waals surface area contributed by atoms with Crippen molar-refractivity contribution in [3.05, 3.63) is 22.4 Å². The van der Waals surface area contributed by atoms with Gasteiger partial charge in [0, 0.05) is 12.6 Å². The van der Waals surface area contributed by atoms with Crippen molar-refractivity contribution < 1.29 is 4.74 Å². The van der Waals surface area contributed by atoms with E-state index in [1.165, 1.54) is 5.56 Å². The Morgan fingerprint density at radius 3 is 2.50 bits per heavy atom. The fourth-order valence-electron chi connectivity index (χ4n) is 2.75. The first kappa shape index (κ1) is 15.7. The number of aryl methyl sites for hydroxylation is 1. The smallest absolute Gasteiger partial charge is 0.0829 e. The summed E-state index contributed by atoms with van der Waals surface area (Å²) in [6, 6.07) is 2.64. The zero-order chi connectivity index (χ0) is 13.4. The van der Waals surface area contributed by atoms with Crippen LogP contribution in [0.2, 0.25) is 0 Å². The van der Waals surface area contributed by atoms with Crippen molar-refractivity contribution in [3.8, 4) is 0 Å². The van der Waals surface area contributed by atoms with E-state index in [4.69, 9.17) is 4.74 Å². The molecule has 0 aliphatic carbocycles. The lowest BCUT2D eigenvalue weighted by Gasteiger charge is -2.39. The molecule has 1 rings (SSSR count). The van der Waals surface area contributed by atoms with E-state index in [1.54, 1.807) is 11.3 Å². The summed E-state index contributed by atoms with van der Waals surface area (Å²) in [7, 11) is 2.05. The van der Waals surface area contributed by atoms with Crippen molar-refractivity contribution >= 4 is 11.3 Å². The molecule has 1 N–H and O–H groups in total. The van der Waals surface area contributed by atoms with Gasteiger partial charge >= 0.3 is 0 Å². The lowest BCUT2D eigenvalue weighted by molar-refractivity contribution is -0.0721. The summed E-state index contributed by atoms with van der Waals surface area (Å²) in [6.07, 6.45) is 4.39. The molecule has 0 fully saturated rings. The van der Waals surface area contributed by atoms with E-state index in [0.29, 0.717) is 6.04 Å². The van der Waals surface area contributed by atoms with Gasteiger partial charge in [-0.3, -0.25) is 0 Å². The molecule has 1 heterocycles. The minimum Gasteiger partial charge on any atom is -0.374 e. The van der Waals surface area contributed by atoms with Gasteiger partial charge in [0.2, 0.25) is 0 Å². The van der Waals surface area contributed by atoms with Crippen molar-refractivity contribution in [1.29, 1.82) is 0 Å². The van der Waals surface area contributed by atoms with E-state index in [2.05, 4.69) is 50.0 Å². The third-order valence-electron chi connectivity index (χ3n) is 3.91. The summed E-state index contributed by atoms with van der Waals surface area (Å²) in [6.45, 7) is 7.34. The van der Waals surface area contributed by atoms with E-state index >= 15 is 0 Å². The first-order valence-corrected chi connectivity index (χ1v) is 7.99. The summed E-state index contributed by atoms with van der Waals surface area (Å²) in [5.74, 6) is 0. The molecule has 18 heavy (non-hydrogen) atoms. The molecule has 0 aromatic carbocycles. The standard InChI is InChI=1S/C15H27NOS/c1-5-15(6-2,17-7-3)14(16-4)9-8-13-10-11-18-12-13/h10-12,14,16H,5-9H2,1-4H3. The first-order chi connectivity index (χ1) is 8.72. The normalized spacial score (nSPS) is 13.8. The van der Waals surface area contributed by atoms with Crippen LogP contribution < -0.4 is 5.32 Å². The lowest BCUT2D eigenvalue weighted by Crippen LogP contribution is -2.51. The van der Waals surface area contributed by atoms with Crippen LogP contribution >= 0.6 is 11.3 Å². The highest BCUT2D eigenvalue weighted by molar-refractivity contribution is 7.07. The third kappa shape index (κ3) is 3.81. The molecule has 3 heteroatoms. The molecule has 1 unspecified atom stereocenters. The molecular formula is C15H27NOS. The van der Waals surface area contributed by atoms with Crippen molar-refractivity contribution in [3.63, 3.8) is 0 Å². The topological polar surface area (TPSA) is 21.3 Å². The van der Waals surface area contributed by atoms with E-state index in [9.17, 15) is 0 Å². The Morgan fingerprint density at radius 2 is 2.06 bits per heavy atom. The van der Waals surface area contributed by atoms with Crippen LogP contribution in [0.25, 0.3) is 0 Å². The number of thiophene rings is 1. The summed E-state index contributed by atoms with van der Waals surface area (Å²) >= 11 is 1.78. The monoisotopic (exact) mass is 269 g/mol. The lowest BCUT2D eigenvalue weighted by atomic mass is 9.85. The molecule has 0 spiro atoms. The highest BCUT2D eigenvalue weighted by Gasteiger charge is 2.35. The van der Waals surface area contributed by atoms with Crippen molar-refractivity contribution in [2.45, 2.75) is 58.1 Å². The maximum absolute atomic E-state index is 6.09. The van der Waals surface area contributed by atoms with Crippen LogP contribution in [0.4, 0.5) is 0 Å². The zero-order valence-corrected chi connectivity index (χ0v) is 13.0. The molecule has 1 atom stereocenters. The number of rotatable bonds is 9. The molecule has 0 saturated heterocycles. The van der Waals surface area contributed by atoms with Gasteiger partial charge in [0.05, 0.1) is 5.60 Å². The van der Waals surface area contributed by atoms with Crippen LogP contribution in [0.5, 0.6) is 0 Å². The van der Waals surface area contributed by atoms with Crippen molar-refractivity contribution in [2.75, 3.05) is 13.7 Å². The summed E-state index contributed by atoms with van der Waals surface area (Å²) < 4.78 is 6.09. The Morgan fingerprint density at radius 1 is 1.33 bits per heavy atom. The fraction of sp³-hybridized carbons (Fsp3) is 0.733. The minimum atomic E-state index is -0.0144. The van der Waals surface area contributed by atoms with Gasteiger partial charge in [-0.15, -0.1) is 0 Å². The zero-order valence-electron chi connectivity index (χ0n) is 12.2. The van der Waals surface area contributed by atoms with Crippen LogP contribution in [0.15, 0.2) is 16.8 Å². The average molecular weight is 269 g/mol. The molecular weight excluding hydrogens is 242 g/mol. The van der Waals surface area contributed by atoms with Gasteiger partial charge < -0.3 is 10.1 Å². The predicted molar refractivity (Wildman–Crippen MR) is 80.4 cm³/mol. The van der Waals surface area contributed by atoms with Gasteiger partial charge in [-0.25, -0.2) is 0 Å². The molecule has 0 bridgehead atoms. The second kappa shape index (κ2) is 7.93. The van der Waals surface area contributed by atoms with Gasteiger partial charge in [-0.2, -0.15) is 11.3 Å². The third-order valence-corrected chi connectivity index (χ3v) is 4.65. The molecule has 0 aliphatic heterocycles. The van der Waals surface area contributed by atoms with Gasteiger partial charge in [0.25, 0.3) is 0 Å². The van der Waals surface area contributed by atoms with E-state index in [1.807, 2.05) is 0 Å². The molecule has 1 aromatic rings. The summed E-state index contributed by atoms with van der Waals surface area (Å²) in [4.78, 5) is 0. The second-order valence-electron chi connectivity index (χ2n) is 4.72. The maximum atomic E-state index is 6.09. The number of ether oxygens (including phenoxy) is 1. The number of nitrogens with one attached hydrogen (secondary N) is 1. The number of hydrogen-bond donors (Lipinski definition) is 1. The van der Waals surface area contributed by atoms with E-state index < -0.39 is 0 Å². The van der Waals surface area contributed by atoms with Crippen molar-refractivity contribution in [2.24, 2.45) is 0 Å². The molecule has 0 amide bonds. The molecule has 0 radical (unpaired) electrons. The fourth-order valence-corrected chi connectivity index (χ4v) is 3.45. The Hall–Kier alpha value is -0.380. The quantitative estimate of drug-likeness (QED) is 0.735. The summed E-state index contributed by atoms with van der Waals surface area (Å²) in [5, 5.41) is 7.87. The largest absolute Gasteiger partial charge is 0.374 e. The summed E-state index contributed by atoms with van der Waals surface area (Å²) in [5.41, 5.74) is 1.43. The van der Waals surface area contributed by atoms with Gasteiger partial charge in [-0.1, -0.05) is 13.8 Å². The highest BCUT2D eigenvalue weighted by atomic mass is 32.1. The van der Waals surface area contributed by atoms with Crippen molar-refractivity contribution in [1.82, 2.24) is 5.32 Å². The van der Waals surface area contributed by atoms with Crippen LogP contribution in [-0.4, -0.2) is 25.3 Å². The Bertz CT molecular complexity index is 306. The number of likely N-dealkylation sites (N-methyl/N-ethyl adjacent to an activating group) is 1. The highest BCUT2D eigenvalue weighted by Crippen LogP contribution is 2.28. The van der Waals surface area contributed by atoms with E-state index in [0.717, 1.165) is 32.3 Å². The SMILES string of the molecule is CCOC(CC)(CC)C(CCc1ccsc1)NC. The maximum Gasteiger partial charge on any atom is 0.0829 e. The molecule has 0 saturated carbocycles. The van der Waals surface area contributed by atoms with Gasteiger partial charge in [-0.05, 0) is 62.0 Å². The number of hydrogen-bond acceptors (Lipinski definition) is 3. The Labute approximate surface area is 116 Å². The second-order valence-corrected chi connectivity index (χ2v) is 5.50. The average Bonchev–Trinajstić information content (AvgIpc) is 2.91. The Kier molecular flexibility index (Phi) is 6.90. The molecule has 2 nitrogen and oxygen atoms in total. The minimum absolute atomic E-state index is 0.0144. The Balaban J connectivity index is 2.66. The van der Waals surface area contributed by atoms with Crippen LogP contribution in [-0.2, 0) is 11.2 Å². The van der Waals surface area contributed by atoms with Crippen LogP contribution in [0.1, 0.15) is 45.6 Å². The van der Waals surface area contributed by atoms with E-state index in [-0.39, 0.29) is 5.60 Å². The predicted octanol–water partition coefficient (Wildman–Crippen LogP) is 3.86. The molecule has 0 aliphatic rings. The first-order valence-electron chi connectivity index (χ1n) is 7.04. The van der Waals surface area contributed by atoms with Crippen LogP contribution in [0, 0.1) is 0 Å². The van der Waals surface area contributed by atoms with Gasteiger partial charge in [0.15, 0.2) is 0 Å². The van der Waals surface area contributed by atoms with Crippen LogP contribution in [0.3, 0.4) is 0 Å². The molecule has 1 aromatic heterocycles. The molecule has 104 valence electrons.